The molecule has 0 atom stereocenters. The van der Waals surface area contributed by atoms with E-state index in [0.29, 0.717) is 28.6 Å². The van der Waals surface area contributed by atoms with Crippen LogP contribution in [0.1, 0.15) is 10.5 Å². The van der Waals surface area contributed by atoms with Crippen LogP contribution in [0.25, 0.3) is 45.6 Å². The van der Waals surface area contributed by atoms with Crippen molar-refractivity contribution in [3.63, 3.8) is 0 Å². The number of hydrogen-bond acceptors (Lipinski definition) is 7. The van der Waals surface area contributed by atoms with Crippen molar-refractivity contribution in [3.8, 4) is 51.3 Å². The van der Waals surface area contributed by atoms with Crippen molar-refractivity contribution in [2.45, 2.75) is 0 Å². The minimum absolute atomic E-state index is 0.0698. The molecule has 0 radical (unpaired) electrons. The van der Waals surface area contributed by atoms with Gasteiger partial charge in [-0.15, -0.1) is 0 Å². The van der Waals surface area contributed by atoms with Crippen molar-refractivity contribution >= 4 is 5.97 Å². The van der Waals surface area contributed by atoms with Crippen LogP contribution in [0.15, 0.2) is 93.9 Å². The van der Waals surface area contributed by atoms with Gasteiger partial charge in [0.25, 0.3) is 5.89 Å². The molecule has 3 heterocycles. The van der Waals surface area contributed by atoms with Gasteiger partial charge >= 0.3 is 5.97 Å². The molecule has 168 valence electrons. The van der Waals surface area contributed by atoms with Gasteiger partial charge in [-0.1, -0.05) is 30.3 Å². The summed E-state index contributed by atoms with van der Waals surface area (Å²) in [6, 6.07) is 24.4. The van der Waals surface area contributed by atoms with Gasteiger partial charge in [0.2, 0.25) is 0 Å². The zero-order chi connectivity index (χ0) is 23.5. The van der Waals surface area contributed by atoms with Gasteiger partial charge in [0.15, 0.2) is 17.2 Å². The maximum atomic E-state index is 12.3. The van der Waals surface area contributed by atoms with Crippen LogP contribution < -0.4 is 4.74 Å². The van der Waals surface area contributed by atoms with Gasteiger partial charge in [0, 0.05) is 22.9 Å². The zero-order valence-corrected chi connectivity index (χ0v) is 18.5. The fourth-order valence-corrected chi connectivity index (χ4v) is 3.55. The number of pyridine rings is 1. The third-order valence-corrected chi connectivity index (χ3v) is 5.30. The van der Waals surface area contributed by atoms with Gasteiger partial charge in [-0.25, -0.2) is 4.79 Å². The first-order valence-electron chi connectivity index (χ1n) is 10.5. The Morgan fingerprint density at radius 1 is 0.765 bits per heavy atom. The summed E-state index contributed by atoms with van der Waals surface area (Å²) >= 11 is 0. The number of rotatable bonds is 6. The monoisotopic (exact) mass is 452 g/mol. The van der Waals surface area contributed by atoms with Crippen LogP contribution in [-0.4, -0.2) is 30.2 Å². The highest BCUT2D eigenvalue weighted by atomic mass is 16.5. The molecule has 5 rings (SSSR count). The fourth-order valence-electron chi connectivity index (χ4n) is 3.55. The number of oxazole rings is 1. The van der Waals surface area contributed by atoms with Crippen molar-refractivity contribution < 1.29 is 23.1 Å². The van der Waals surface area contributed by atoms with Gasteiger partial charge < -0.3 is 18.3 Å². The second-order valence-electron chi connectivity index (χ2n) is 7.37. The molecule has 0 saturated heterocycles. The summed E-state index contributed by atoms with van der Waals surface area (Å²) in [4.78, 5) is 21.1. The molecule has 0 fully saturated rings. The third kappa shape index (κ3) is 4.06. The summed E-state index contributed by atoms with van der Waals surface area (Å²) in [6.07, 6.45) is 1.77. The largest absolute Gasteiger partial charge is 0.497 e. The minimum atomic E-state index is -0.599. The molecule has 0 unspecified atom stereocenters. The molecule has 0 N–H and O–H groups in total. The first-order chi connectivity index (χ1) is 16.7. The number of furan rings is 1. The molecule has 5 aromatic rings. The van der Waals surface area contributed by atoms with E-state index in [1.807, 2.05) is 48.5 Å². The first kappa shape index (κ1) is 21.2. The molecule has 34 heavy (non-hydrogen) atoms. The van der Waals surface area contributed by atoms with Crippen LogP contribution in [0.2, 0.25) is 0 Å². The molecule has 0 saturated carbocycles. The Kier molecular flexibility index (Phi) is 5.66. The molecule has 0 amide bonds. The van der Waals surface area contributed by atoms with Crippen LogP contribution in [0.4, 0.5) is 0 Å². The fraction of sp³-hybridized carbons (Fsp3) is 0.0741. The van der Waals surface area contributed by atoms with Crippen molar-refractivity contribution in [2.24, 2.45) is 0 Å². The van der Waals surface area contributed by atoms with E-state index in [4.69, 9.17) is 18.3 Å². The van der Waals surface area contributed by atoms with E-state index in [1.54, 1.807) is 43.6 Å². The van der Waals surface area contributed by atoms with Gasteiger partial charge in [0.05, 0.1) is 19.9 Å². The molecule has 3 aromatic heterocycles. The normalized spacial score (nSPS) is 10.8. The maximum Gasteiger partial charge on any atom is 0.360 e. The summed E-state index contributed by atoms with van der Waals surface area (Å²) < 4.78 is 22.1. The lowest BCUT2D eigenvalue weighted by Gasteiger charge is -2.02. The highest BCUT2D eigenvalue weighted by Crippen LogP contribution is 2.34. The van der Waals surface area contributed by atoms with E-state index in [1.165, 1.54) is 7.11 Å². The Bertz CT molecular complexity index is 1420. The van der Waals surface area contributed by atoms with Gasteiger partial charge in [-0.3, -0.25) is 4.98 Å². The maximum absolute atomic E-state index is 12.3. The quantitative estimate of drug-likeness (QED) is 0.287. The summed E-state index contributed by atoms with van der Waals surface area (Å²) in [5.41, 5.74) is 3.53. The van der Waals surface area contributed by atoms with Crippen LogP contribution in [0, 0.1) is 0 Å². The number of nitrogens with zero attached hydrogens (tertiary/aromatic N) is 2. The number of aromatic nitrogens is 2. The number of methoxy groups -OCH3 is 2. The lowest BCUT2D eigenvalue weighted by Crippen LogP contribution is -2.03. The van der Waals surface area contributed by atoms with Crippen LogP contribution in [-0.2, 0) is 4.74 Å². The average molecular weight is 452 g/mol. The van der Waals surface area contributed by atoms with Crippen LogP contribution in [0.3, 0.4) is 0 Å². The first-order valence-corrected chi connectivity index (χ1v) is 10.5. The number of esters is 1. The van der Waals surface area contributed by atoms with Gasteiger partial charge in [-0.05, 0) is 48.5 Å². The Hall–Kier alpha value is -4.65. The van der Waals surface area contributed by atoms with E-state index in [-0.39, 0.29) is 11.6 Å². The molecule has 2 aromatic carbocycles. The SMILES string of the molecule is COC(=O)c1nc(-c2ccc(-c3ccc(-c4ccccn4)cc3)o2)oc1-c1ccc(OC)cc1. The van der Waals surface area contributed by atoms with Crippen molar-refractivity contribution in [2.75, 3.05) is 14.2 Å². The van der Waals surface area contributed by atoms with Crippen molar-refractivity contribution in [1.82, 2.24) is 9.97 Å². The molecule has 0 aliphatic heterocycles. The lowest BCUT2D eigenvalue weighted by atomic mass is 10.1. The molecular weight excluding hydrogens is 432 g/mol. The highest BCUT2D eigenvalue weighted by molar-refractivity contribution is 5.94. The van der Waals surface area contributed by atoms with E-state index >= 15 is 0 Å². The zero-order valence-electron chi connectivity index (χ0n) is 18.5. The number of hydrogen-bond donors (Lipinski definition) is 0. The topological polar surface area (TPSA) is 87.6 Å². The Balaban J connectivity index is 1.46. The Morgan fingerprint density at radius 2 is 1.47 bits per heavy atom. The van der Waals surface area contributed by atoms with E-state index < -0.39 is 5.97 Å². The second kappa shape index (κ2) is 9.07. The number of benzene rings is 2. The average Bonchev–Trinajstić information content (AvgIpc) is 3.57. The lowest BCUT2D eigenvalue weighted by molar-refractivity contribution is 0.0595. The predicted octanol–water partition coefficient (Wildman–Crippen LogP) is 6.13. The minimum Gasteiger partial charge on any atom is -0.497 e. The Morgan fingerprint density at radius 3 is 2.15 bits per heavy atom. The predicted molar refractivity (Wildman–Crippen MR) is 126 cm³/mol. The molecule has 7 heteroatoms. The summed E-state index contributed by atoms with van der Waals surface area (Å²) in [5, 5.41) is 0. The highest BCUT2D eigenvalue weighted by Gasteiger charge is 2.24. The van der Waals surface area contributed by atoms with Gasteiger partial charge in [0.1, 0.15) is 11.5 Å². The molecule has 0 spiro atoms. The Labute approximate surface area is 195 Å². The van der Waals surface area contributed by atoms with Crippen molar-refractivity contribution in [3.05, 3.63) is 90.8 Å². The van der Waals surface area contributed by atoms with Crippen LogP contribution in [0.5, 0.6) is 5.75 Å². The van der Waals surface area contributed by atoms with Crippen LogP contribution >= 0.6 is 0 Å². The smallest absolute Gasteiger partial charge is 0.360 e. The van der Waals surface area contributed by atoms with E-state index in [0.717, 1.165) is 16.8 Å². The van der Waals surface area contributed by atoms with E-state index in [2.05, 4.69) is 9.97 Å². The third-order valence-electron chi connectivity index (χ3n) is 5.30. The number of ether oxygens (including phenoxy) is 2. The number of carbonyl (C=O) groups excluding carboxylic acids is 1. The van der Waals surface area contributed by atoms with Gasteiger partial charge in [-0.2, -0.15) is 4.98 Å². The van der Waals surface area contributed by atoms with Crippen molar-refractivity contribution in [1.29, 1.82) is 0 Å². The molecule has 7 nitrogen and oxygen atoms in total. The molecule has 0 aliphatic carbocycles. The van der Waals surface area contributed by atoms with E-state index in [9.17, 15) is 4.79 Å². The molecular formula is C27H20N2O5. The summed E-state index contributed by atoms with van der Waals surface area (Å²) in [6.45, 7) is 0. The standard InChI is InChI=1S/C27H20N2O5/c1-31-20-12-10-19(11-13-20)25-24(27(30)32-2)29-26(34-25)23-15-14-22(33-23)18-8-6-17(7-9-18)21-5-3-4-16-28-21/h3-16H,1-2H3. The second-order valence-corrected chi connectivity index (χ2v) is 7.37. The molecule has 0 bridgehead atoms. The summed E-state index contributed by atoms with van der Waals surface area (Å²) in [7, 11) is 2.89. The molecule has 0 aliphatic rings. The number of carbonyl (C=O) groups is 1. The summed E-state index contributed by atoms with van der Waals surface area (Å²) in [5.74, 6) is 1.61.